The van der Waals surface area contributed by atoms with Crippen molar-refractivity contribution in [2.45, 2.75) is 13.3 Å². The summed E-state index contributed by atoms with van der Waals surface area (Å²) >= 11 is 0. The number of nitrogens with zero attached hydrogens (tertiary/aromatic N) is 1. The molecule has 0 aliphatic rings. The van der Waals surface area contributed by atoms with Gasteiger partial charge in [0.15, 0.2) is 5.78 Å². The van der Waals surface area contributed by atoms with E-state index in [9.17, 15) is 14.9 Å². The summed E-state index contributed by atoms with van der Waals surface area (Å²) in [5, 5.41) is 13.1. The molecule has 112 valence electrons. The van der Waals surface area contributed by atoms with Crippen molar-refractivity contribution in [2.75, 3.05) is 5.32 Å². The highest BCUT2D eigenvalue weighted by Gasteiger charge is 2.13. The monoisotopic (exact) mass is 296 g/mol. The van der Waals surface area contributed by atoms with Crippen LogP contribution in [0.5, 0.6) is 0 Å². The molecule has 22 heavy (non-hydrogen) atoms. The van der Waals surface area contributed by atoms with Crippen molar-refractivity contribution in [3.8, 4) is 0 Å². The van der Waals surface area contributed by atoms with Crippen LogP contribution in [0.4, 0.5) is 5.69 Å². The number of hydrogen-bond donors (Lipinski definition) is 1. The Kier molecular flexibility index (Phi) is 5.03. The van der Waals surface area contributed by atoms with E-state index in [1.165, 1.54) is 6.20 Å². The molecule has 5 heteroatoms. The Labute approximate surface area is 128 Å². The lowest BCUT2D eigenvalue weighted by Gasteiger charge is -2.10. The van der Waals surface area contributed by atoms with Crippen LogP contribution in [0, 0.1) is 10.1 Å². The maximum Gasteiger partial charge on any atom is 0.250 e. The quantitative estimate of drug-likeness (QED) is 0.502. The van der Waals surface area contributed by atoms with E-state index in [-0.39, 0.29) is 5.78 Å². The second kappa shape index (κ2) is 7.17. The predicted molar refractivity (Wildman–Crippen MR) is 85.5 cm³/mol. The molecule has 1 N–H and O–H groups in total. The van der Waals surface area contributed by atoms with Crippen LogP contribution in [0.2, 0.25) is 0 Å². The first kappa shape index (κ1) is 15.4. The summed E-state index contributed by atoms with van der Waals surface area (Å²) in [6, 6.07) is 14.4. The van der Waals surface area contributed by atoms with Crippen LogP contribution >= 0.6 is 0 Å². The first-order chi connectivity index (χ1) is 10.6. The molecule has 0 bridgehead atoms. The Morgan fingerprint density at radius 1 is 1.23 bits per heavy atom. The van der Waals surface area contributed by atoms with Gasteiger partial charge in [-0.3, -0.25) is 14.9 Å². The van der Waals surface area contributed by atoms with Gasteiger partial charge in [-0.2, -0.15) is 0 Å². The van der Waals surface area contributed by atoms with Crippen LogP contribution in [-0.2, 0) is 6.42 Å². The van der Waals surface area contributed by atoms with E-state index in [2.05, 4.69) is 5.32 Å². The van der Waals surface area contributed by atoms with Crippen molar-refractivity contribution in [1.29, 1.82) is 0 Å². The molecule has 2 aromatic rings. The van der Waals surface area contributed by atoms with Crippen molar-refractivity contribution in [1.82, 2.24) is 0 Å². The highest BCUT2D eigenvalue weighted by Crippen LogP contribution is 2.22. The zero-order chi connectivity index (χ0) is 15.9. The number of hydrogen-bond acceptors (Lipinski definition) is 4. The minimum Gasteiger partial charge on any atom is -0.356 e. The van der Waals surface area contributed by atoms with Gasteiger partial charge in [-0.15, -0.1) is 0 Å². The van der Waals surface area contributed by atoms with Crippen LogP contribution in [0.3, 0.4) is 0 Å². The summed E-state index contributed by atoms with van der Waals surface area (Å²) in [7, 11) is 0. The Hall–Kier alpha value is -2.95. The predicted octanol–water partition coefficient (Wildman–Crippen LogP) is 3.64. The van der Waals surface area contributed by atoms with E-state index in [0.29, 0.717) is 16.8 Å². The molecular weight excluding hydrogens is 280 g/mol. The third-order valence-corrected chi connectivity index (χ3v) is 3.21. The number of aryl methyl sites for hydroxylation is 1. The molecule has 5 nitrogen and oxygen atoms in total. The Bertz CT molecular complexity index is 709. The SMILES string of the molecule is CCc1ccc(NC=C[N+](=O)[O-])c(C(=O)c2ccccc2)c1. The third kappa shape index (κ3) is 3.79. The maximum absolute atomic E-state index is 12.6. The third-order valence-electron chi connectivity index (χ3n) is 3.21. The number of nitrogens with one attached hydrogen (secondary N) is 1. The number of ketones is 1. The fourth-order valence-corrected chi connectivity index (χ4v) is 2.06. The Morgan fingerprint density at radius 2 is 1.95 bits per heavy atom. The number of nitro groups is 1. The average Bonchev–Trinajstić information content (AvgIpc) is 2.55. The zero-order valence-corrected chi connectivity index (χ0v) is 12.2. The average molecular weight is 296 g/mol. The van der Waals surface area contributed by atoms with Crippen LogP contribution in [0.15, 0.2) is 60.9 Å². The molecule has 0 atom stereocenters. The van der Waals surface area contributed by atoms with E-state index in [4.69, 9.17) is 0 Å². The fraction of sp³-hybridized carbons (Fsp3) is 0.118. The smallest absolute Gasteiger partial charge is 0.250 e. The van der Waals surface area contributed by atoms with Gasteiger partial charge in [0.1, 0.15) is 0 Å². The van der Waals surface area contributed by atoms with E-state index in [1.807, 2.05) is 25.1 Å². The summed E-state index contributed by atoms with van der Waals surface area (Å²) in [6.45, 7) is 2.01. The summed E-state index contributed by atoms with van der Waals surface area (Å²) < 4.78 is 0. The zero-order valence-electron chi connectivity index (χ0n) is 12.2. The number of carbonyl (C=O) groups excluding carboxylic acids is 1. The lowest BCUT2D eigenvalue weighted by Crippen LogP contribution is -2.06. The second-order valence-electron chi connectivity index (χ2n) is 4.67. The first-order valence-corrected chi connectivity index (χ1v) is 6.91. The fourth-order valence-electron chi connectivity index (χ4n) is 2.06. The van der Waals surface area contributed by atoms with Gasteiger partial charge in [-0.25, -0.2) is 0 Å². The van der Waals surface area contributed by atoms with Gasteiger partial charge < -0.3 is 5.32 Å². The molecule has 0 aliphatic heterocycles. The molecule has 0 heterocycles. The van der Waals surface area contributed by atoms with Crippen molar-refractivity contribution in [2.24, 2.45) is 0 Å². The molecule has 0 saturated heterocycles. The molecule has 0 amide bonds. The lowest BCUT2D eigenvalue weighted by molar-refractivity contribution is -0.402. The minimum atomic E-state index is -0.563. The van der Waals surface area contributed by atoms with Gasteiger partial charge in [0.25, 0.3) is 0 Å². The Balaban J connectivity index is 2.38. The van der Waals surface area contributed by atoms with E-state index in [1.54, 1.807) is 30.3 Å². The molecule has 0 aromatic heterocycles. The first-order valence-electron chi connectivity index (χ1n) is 6.91. The van der Waals surface area contributed by atoms with Crippen LogP contribution in [0.1, 0.15) is 28.4 Å². The van der Waals surface area contributed by atoms with Gasteiger partial charge in [-0.05, 0) is 24.1 Å². The molecule has 0 aliphatic carbocycles. The van der Waals surface area contributed by atoms with E-state index < -0.39 is 4.92 Å². The van der Waals surface area contributed by atoms with Crippen LogP contribution in [0.25, 0.3) is 0 Å². The Morgan fingerprint density at radius 3 is 2.59 bits per heavy atom. The van der Waals surface area contributed by atoms with E-state index >= 15 is 0 Å². The second-order valence-corrected chi connectivity index (χ2v) is 4.67. The van der Waals surface area contributed by atoms with Crippen LogP contribution in [-0.4, -0.2) is 10.7 Å². The maximum atomic E-state index is 12.6. The number of carbonyl (C=O) groups is 1. The number of rotatable bonds is 6. The summed E-state index contributed by atoms with van der Waals surface area (Å²) in [5.41, 5.74) is 2.66. The summed E-state index contributed by atoms with van der Waals surface area (Å²) in [5.74, 6) is -0.118. The standard InChI is InChI=1S/C17H16N2O3/c1-2-13-8-9-16(18-10-11-19(21)22)15(12-13)17(20)14-6-4-3-5-7-14/h3-12,18H,2H2,1H3. The largest absolute Gasteiger partial charge is 0.356 e. The van der Waals surface area contributed by atoms with Gasteiger partial charge in [-0.1, -0.05) is 43.3 Å². The van der Waals surface area contributed by atoms with Crippen molar-refractivity contribution < 1.29 is 9.72 Å². The van der Waals surface area contributed by atoms with Crippen molar-refractivity contribution in [3.05, 3.63) is 87.7 Å². The van der Waals surface area contributed by atoms with Crippen LogP contribution < -0.4 is 5.32 Å². The normalized spacial score (nSPS) is 10.6. The summed E-state index contributed by atoms with van der Waals surface area (Å²) in [6.07, 6.45) is 2.81. The molecular formula is C17H16N2O3. The number of benzene rings is 2. The van der Waals surface area contributed by atoms with Gasteiger partial charge in [0, 0.05) is 16.8 Å². The van der Waals surface area contributed by atoms with E-state index in [0.717, 1.165) is 18.2 Å². The molecule has 0 saturated carbocycles. The van der Waals surface area contributed by atoms with Gasteiger partial charge in [0.2, 0.25) is 6.20 Å². The topological polar surface area (TPSA) is 72.2 Å². The molecule has 0 unspecified atom stereocenters. The lowest BCUT2D eigenvalue weighted by atomic mass is 9.98. The molecule has 0 radical (unpaired) electrons. The summed E-state index contributed by atoms with van der Waals surface area (Å²) in [4.78, 5) is 22.4. The molecule has 0 spiro atoms. The minimum absolute atomic E-state index is 0.118. The van der Waals surface area contributed by atoms with Crippen molar-refractivity contribution >= 4 is 11.5 Å². The number of anilines is 1. The highest BCUT2D eigenvalue weighted by atomic mass is 16.6. The molecule has 2 aromatic carbocycles. The molecule has 2 rings (SSSR count). The molecule has 0 fully saturated rings. The highest BCUT2D eigenvalue weighted by molar-refractivity contribution is 6.12. The van der Waals surface area contributed by atoms with Gasteiger partial charge in [0.05, 0.1) is 11.1 Å². The van der Waals surface area contributed by atoms with Gasteiger partial charge >= 0.3 is 0 Å². The van der Waals surface area contributed by atoms with Crippen molar-refractivity contribution in [3.63, 3.8) is 0 Å².